The molecule has 0 saturated carbocycles. The molecule has 0 saturated heterocycles. The quantitative estimate of drug-likeness (QED) is 0.628. The predicted molar refractivity (Wildman–Crippen MR) is 38.1 cm³/mol. The van der Waals surface area contributed by atoms with Gasteiger partial charge in [-0.2, -0.15) is 4.98 Å². The lowest BCUT2D eigenvalue weighted by molar-refractivity contribution is 0.377. The first-order valence-corrected chi connectivity index (χ1v) is 3.77. The molecule has 0 N–H and O–H groups in total. The topological polar surface area (TPSA) is 38.9 Å². The molecule has 0 aliphatic rings. The van der Waals surface area contributed by atoms with Gasteiger partial charge in [0.05, 0.1) is 0 Å². The second-order valence-corrected chi connectivity index (χ2v) is 2.27. The fourth-order valence-corrected chi connectivity index (χ4v) is 0.778. The van der Waals surface area contributed by atoms with Crippen molar-refractivity contribution in [1.82, 2.24) is 10.1 Å². The first-order valence-electron chi connectivity index (χ1n) is 3.24. The van der Waals surface area contributed by atoms with Gasteiger partial charge in [-0.15, -0.1) is 11.6 Å². The number of hydrogen-bond acceptors (Lipinski definition) is 3. The average Bonchev–Trinajstić information content (AvgIpc) is 2.37. The molecule has 0 radical (unpaired) electrons. The smallest absolute Gasteiger partial charge is 0.227 e. The molecule has 0 spiro atoms. The van der Waals surface area contributed by atoms with E-state index < -0.39 is 0 Å². The summed E-state index contributed by atoms with van der Waals surface area (Å²) in [6.45, 7) is 1.98. The normalized spacial score (nSPS) is 10.2. The minimum Gasteiger partial charge on any atom is -0.339 e. The van der Waals surface area contributed by atoms with Crippen LogP contribution in [-0.4, -0.2) is 16.0 Å². The second kappa shape index (κ2) is 3.56. The van der Waals surface area contributed by atoms with Gasteiger partial charge in [0.1, 0.15) is 0 Å². The van der Waals surface area contributed by atoms with Gasteiger partial charge in [-0.1, -0.05) is 12.1 Å². The van der Waals surface area contributed by atoms with Crippen molar-refractivity contribution in [2.24, 2.45) is 0 Å². The van der Waals surface area contributed by atoms with Crippen LogP contribution in [0.3, 0.4) is 0 Å². The fraction of sp³-hybridized carbons (Fsp3) is 0.667. The lowest BCUT2D eigenvalue weighted by Gasteiger charge is -1.81. The molecule has 0 amide bonds. The second-order valence-electron chi connectivity index (χ2n) is 1.90. The van der Waals surface area contributed by atoms with Gasteiger partial charge >= 0.3 is 0 Å². The van der Waals surface area contributed by atoms with Gasteiger partial charge in [-0.3, -0.25) is 0 Å². The van der Waals surface area contributed by atoms with Crippen molar-refractivity contribution in [3.63, 3.8) is 0 Å². The Morgan fingerprint density at radius 2 is 2.40 bits per heavy atom. The van der Waals surface area contributed by atoms with Gasteiger partial charge in [0.2, 0.25) is 5.89 Å². The van der Waals surface area contributed by atoms with Crippen LogP contribution in [0.2, 0.25) is 0 Å². The summed E-state index contributed by atoms with van der Waals surface area (Å²) in [4.78, 5) is 4.06. The summed E-state index contributed by atoms with van der Waals surface area (Å²) in [7, 11) is 0. The Morgan fingerprint density at radius 1 is 1.60 bits per heavy atom. The van der Waals surface area contributed by atoms with Crippen molar-refractivity contribution >= 4 is 11.6 Å². The molecule has 3 nitrogen and oxygen atoms in total. The first kappa shape index (κ1) is 7.54. The highest BCUT2D eigenvalue weighted by Gasteiger charge is 2.01. The third-order valence-corrected chi connectivity index (χ3v) is 1.32. The highest BCUT2D eigenvalue weighted by Crippen LogP contribution is 1.99. The number of rotatable bonds is 3. The molecule has 4 heteroatoms. The van der Waals surface area contributed by atoms with Gasteiger partial charge < -0.3 is 4.52 Å². The zero-order valence-corrected chi connectivity index (χ0v) is 6.56. The Labute approximate surface area is 64.4 Å². The highest BCUT2D eigenvalue weighted by atomic mass is 35.5. The van der Waals surface area contributed by atoms with E-state index in [0.29, 0.717) is 18.2 Å². The van der Waals surface area contributed by atoms with Crippen LogP contribution in [0.5, 0.6) is 0 Å². The van der Waals surface area contributed by atoms with E-state index in [-0.39, 0.29) is 0 Å². The lowest BCUT2D eigenvalue weighted by Crippen LogP contribution is -1.86. The number of aryl methyl sites for hydroxylation is 2. The minimum atomic E-state index is 0.533. The van der Waals surface area contributed by atoms with Gasteiger partial charge in [0.15, 0.2) is 5.82 Å². The average molecular weight is 161 g/mol. The van der Waals surface area contributed by atoms with Crippen LogP contribution in [0.4, 0.5) is 0 Å². The van der Waals surface area contributed by atoms with Gasteiger partial charge in [0, 0.05) is 18.7 Å². The molecule has 0 aliphatic carbocycles. The van der Waals surface area contributed by atoms with Crippen LogP contribution >= 0.6 is 11.6 Å². The van der Waals surface area contributed by atoms with Crippen molar-refractivity contribution in [2.75, 3.05) is 5.88 Å². The van der Waals surface area contributed by atoms with Crippen LogP contribution in [0.1, 0.15) is 18.6 Å². The number of alkyl halides is 1. The zero-order chi connectivity index (χ0) is 7.40. The van der Waals surface area contributed by atoms with Crippen LogP contribution in [0, 0.1) is 0 Å². The highest BCUT2D eigenvalue weighted by molar-refractivity contribution is 6.17. The summed E-state index contributed by atoms with van der Waals surface area (Å²) < 4.78 is 4.85. The molecule has 1 aromatic rings. The SMILES string of the molecule is CCc1noc(CCCl)n1. The maximum absolute atomic E-state index is 5.46. The summed E-state index contributed by atoms with van der Waals surface area (Å²) in [6.07, 6.45) is 1.47. The molecule has 56 valence electrons. The Morgan fingerprint density at radius 3 is 2.90 bits per heavy atom. The van der Waals surface area contributed by atoms with Crippen molar-refractivity contribution in [3.8, 4) is 0 Å². The molecule has 0 fully saturated rings. The molecule has 0 unspecified atom stereocenters. The maximum atomic E-state index is 5.46. The van der Waals surface area contributed by atoms with Crippen molar-refractivity contribution in [3.05, 3.63) is 11.7 Å². The van der Waals surface area contributed by atoms with E-state index >= 15 is 0 Å². The number of aromatic nitrogens is 2. The summed E-state index contributed by atoms with van der Waals surface area (Å²) >= 11 is 5.46. The third-order valence-electron chi connectivity index (χ3n) is 1.13. The number of halogens is 1. The van der Waals surface area contributed by atoms with E-state index in [1.165, 1.54) is 0 Å². The van der Waals surface area contributed by atoms with Gasteiger partial charge in [0.25, 0.3) is 0 Å². The van der Waals surface area contributed by atoms with Crippen LogP contribution in [0.25, 0.3) is 0 Å². The molecule has 10 heavy (non-hydrogen) atoms. The Balaban J connectivity index is 2.59. The fourth-order valence-electron chi connectivity index (χ4n) is 0.616. The van der Waals surface area contributed by atoms with E-state index in [4.69, 9.17) is 16.1 Å². The zero-order valence-electron chi connectivity index (χ0n) is 5.80. The maximum Gasteiger partial charge on any atom is 0.227 e. The van der Waals surface area contributed by atoms with Crippen molar-refractivity contribution in [2.45, 2.75) is 19.8 Å². The predicted octanol–water partition coefficient (Wildman–Crippen LogP) is 1.41. The molecule has 1 aromatic heterocycles. The Bertz CT molecular complexity index is 199. The summed E-state index contributed by atoms with van der Waals surface area (Å²) in [5.74, 6) is 1.91. The van der Waals surface area contributed by atoms with Crippen LogP contribution < -0.4 is 0 Å². The largest absolute Gasteiger partial charge is 0.339 e. The van der Waals surface area contributed by atoms with Gasteiger partial charge in [-0.25, -0.2) is 0 Å². The monoisotopic (exact) mass is 160 g/mol. The lowest BCUT2D eigenvalue weighted by atomic mass is 10.4. The Hall–Kier alpha value is -0.570. The molecule has 1 heterocycles. The summed E-state index contributed by atoms with van der Waals surface area (Å²) in [5.41, 5.74) is 0. The molecule has 1 rings (SSSR count). The van der Waals surface area contributed by atoms with E-state index in [1.807, 2.05) is 6.92 Å². The number of hydrogen-bond donors (Lipinski definition) is 0. The Kier molecular flexibility index (Phi) is 2.68. The molecule has 0 bridgehead atoms. The molecular weight excluding hydrogens is 152 g/mol. The molecule has 0 aliphatic heterocycles. The van der Waals surface area contributed by atoms with E-state index in [9.17, 15) is 0 Å². The van der Waals surface area contributed by atoms with Crippen LogP contribution in [0.15, 0.2) is 4.52 Å². The third kappa shape index (κ3) is 1.70. The minimum absolute atomic E-state index is 0.533. The van der Waals surface area contributed by atoms with Crippen LogP contribution in [-0.2, 0) is 12.8 Å². The van der Waals surface area contributed by atoms with E-state index in [1.54, 1.807) is 0 Å². The molecule has 0 aromatic carbocycles. The molecule has 0 atom stereocenters. The first-order chi connectivity index (χ1) is 4.86. The van der Waals surface area contributed by atoms with Gasteiger partial charge in [-0.05, 0) is 0 Å². The summed E-state index contributed by atoms with van der Waals surface area (Å²) in [6, 6.07) is 0. The standard InChI is InChI=1S/C6H9ClN2O/c1-2-5-8-6(3-4-7)10-9-5/h2-4H2,1H3. The van der Waals surface area contributed by atoms with Crippen molar-refractivity contribution < 1.29 is 4.52 Å². The number of nitrogens with zero attached hydrogens (tertiary/aromatic N) is 2. The summed E-state index contributed by atoms with van der Waals surface area (Å²) in [5, 5.41) is 3.71. The van der Waals surface area contributed by atoms with Crippen molar-refractivity contribution in [1.29, 1.82) is 0 Å². The van der Waals surface area contributed by atoms with E-state index in [2.05, 4.69) is 10.1 Å². The van der Waals surface area contributed by atoms with E-state index in [0.717, 1.165) is 12.2 Å². The molecular formula is C6H9ClN2O.